The lowest BCUT2D eigenvalue weighted by Crippen LogP contribution is -2.43. The van der Waals surface area contributed by atoms with Crippen LogP contribution < -0.4 is 15.0 Å². The molecule has 2 aromatic carbocycles. The summed E-state index contributed by atoms with van der Waals surface area (Å²) in [5.74, 6) is 1.50. The Hall–Kier alpha value is -2.24. The van der Waals surface area contributed by atoms with E-state index in [2.05, 4.69) is 16.3 Å². The number of nitrogens with zero attached hydrogens (tertiary/aromatic N) is 2. The minimum absolute atomic E-state index is 0.00347. The predicted molar refractivity (Wildman–Crippen MR) is 117 cm³/mol. The van der Waals surface area contributed by atoms with E-state index in [0.717, 1.165) is 61.9 Å². The fraction of sp³-hybridized carbons (Fsp3) is 0.435. The molecule has 2 saturated heterocycles. The average Bonchev–Trinajstić information content (AvgIpc) is 3.11. The number of para-hydroxylation sites is 1. The van der Waals surface area contributed by atoms with Gasteiger partial charge in [-0.25, -0.2) is 4.79 Å². The van der Waals surface area contributed by atoms with Gasteiger partial charge in [0, 0.05) is 23.8 Å². The van der Waals surface area contributed by atoms with Crippen molar-refractivity contribution < 1.29 is 9.53 Å². The van der Waals surface area contributed by atoms with E-state index >= 15 is 0 Å². The fourth-order valence-corrected chi connectivity index (χ4v) is 4.56. The summed E-state index contributed by atoms with van der Waals surface area (Å²) >= 11 is 6.38. The molecule has 0 saturated carbocycles. The number of amides is 2. The van der Waals surface area contributed by atoms with Gasteiger partial charge < -0.3 is 15.0 Å². The van der Waals surface area contributed by atoms with Crippen LogP contribution in [-0.4, -0.2) is 50.3 Å². The van der Waals surface area contributed by atoms with Crippen LogP contribution in [0.1, 0.15) is 18.4 Å². The van der Waals surface area contributed by atoms with E-state index in [9.17, 15) is 4.79 Å². The standard InChI is InChI=1S/C23H28ClN3O2/c1-29-21-7-8-22(24)18(14-21)13-17-9-11-26(12-10-17)15-19-16-27(23(28)25-19)20-5-3-2-4-6-20/h2-8,14,17,19H,9-13,15-16H2,1H3,(H,25,28). The lowest BCUT2D eigenvalue weighted by molar-refractivity contribution is 0.173. The van der Waals surface area contributed by atoms with Crippen LogP contribution in [0.3, 0.4) is 0 Å². The van der Waals surface area contributed by atoms with Crippen molar-refractivity contribution in [3.05, 3.63) is 59.1 Å². The molecule has 1 atom stereocenters. The second-order valence-corrected chi connectivity index (χ2v) is 8.41. The van der Waals surface area contributed by atoms with Crippen molar-refractivity contribution in [2.24, 2.45) is 5.92 Å². The van der Waals surface area contributed by atoms with E-state index < -0.39 is 0 Å². The molecule has 0 aliphatic carbocycles. The number of urea groups is 1. The summed E-state index contributed by atoms with van der Waals surface area (Å²) in [7, 11) is 1.69. The molecule has 2 fully saturated rings. The number of likely N-dealkylation sites (tertiary alicyclic amines) is 1. The maximum absolute atomic E-state index is 12.3. The van der Waals surface area contributed by atoms with Crippen LogP contribution in [0, 0.1) is 5.92 Å². The molecular formula is C23H28ClN3O2. The van der Waals surface area contributed by atoms with Crippen molar-refractivity contribution >= 4 is 23.3 Å². The van der Waals surface area contributed by atoms with E-state index in [1.165, 1.54) is 5.56 Å². The number of carbonyl (C=O) groups is 1. The second kappa shape index (κ2) is 9.06. The third-order valence-corrected chi connectivity index (χ3v) is 6.36. The Kier molecular flexibility index (Phi) is 6.26. The zero-order chi connectivity index (χ0) is 20.2. The molecule has 2 heterocycles. The number of piperidine rings is 1. The number of methoxy groups -OCH3 is 1. The maximum Gasteiger partial charge on any atom is 0.322 e. The summed E-state index contributed by atoms with van der Waals surface area (Å²) in [6.45, 7) is 3.75. The lowest BCUT2D eigenvalue weighted by Gasteiger charge is -2.33. The van der Waals surface area contributed by atoms with Crippen molar-refractivity contribution in [3.8, 4) is 5.75 Å². The zero-order valence-electron chi connectivity index (χ0n) is 16.8. The summed E-state index contributed by atoms with van der Waals surface area (Å²) in [6.07, 6.45) is 3.29. The van der Waals surface area contributed by atoms with Gasteiger partial charge >= 0.3 is 6.03 Å². The first-order valence-corrected chi connectivity index (χ1v) is 10.7. The van der Waals surface area contributed by atoms with Crippen LogP contribution in [0.25, 0.3) is 0 Å². The molecule has 1 unspecified atom stereocenters. The van der Waals surface area contributed by atoms with Gasteiger partial charge in [-0.1, -0.05) is 29.8 Å². The van der Waals surface area contributed by atoms with Gasteiger partial charge in [0.25, 0.3) is 0 Å². The lowest BCUT2D eigenvalue weighted by atomic mass is 9.90. The Labute approximate surface area is 177 Å². The molecule has 1 N–H and O–H groups in total. The molecule has 29 heavy (non-hydrogen) atoms. The van der Waals surface area contributed by atoms with Gasteiger partial charge in [-0.3, -0.25) is 4.90 Å². The van der Waals surface area contributed by atoms with Crippen molar-refractivity contribution in [3.63, 3.8) is 0 Å². The monoisotopic (exact) mass is 413 g/mol. The first-order chi connectivity index (χ1) is 14.1. The number of benzene rings is 2. The van der Waals surface area contributed by atoms with Crippen LogP contribution in [-0.2, 0) is 6.42 Å². The normalized spacial score (nSPS) is 20.7. The molecule has 2 aliphatic heterocycles. The van der Waals surface area contributed by atoms with Crippen molar-refractivity contribution in [2.45, 2.75) is 25.3 Å². The average molecular weight is 414 g/mol. The second-order valence-electron chi connectivity index (χ2n) is 8.00. The molecule has 0 spiro atoms. The third-order valence-electron chi connectivity index (χ3n) is 5.99. The van der Waals surface area contributed by atoms with Gasteiger partial charge in [0.05, 0.1) is 13.2 Å². The summed E-state index contributed by atoms with van der Waals surface area (Å²) in [5, 5.41) is 3.96. The Morgan fingerprint density at radius 3 is 2.62 bits per heavy atom. The number of ether oxygens (including phenoxy) is 1. The molecular weight excluding hydrogens is 386 g/mol. The predicted octanol–water partition coefficient (Wildman–Crippen LogP) is 4.20. The molecule has 0 radical (unpaired) electrons. The van der Waals surface area contributed by atoms with E-state index in [1.54, 1.807) is 7.11 Å². The van der Waals surface area contributed by atoms with Crippen LogP contribution in [0.2, 0.25) is 5.02 Å². The number of nitrogens with one attached hydrogen (secondary N) is 1. The van der Waals surface area contributed by atoms with Gasteiger partial charge in [0.1, 0.15) is 5.75 Å². The van der Waals surface area contributed by atoms with Crippen molar-refractivity contribution in [1.82, 2.24) is 10.2 Å². The Morgan fingerprint density at radius 2 is 1.90 bits per heavy atom. The first kappa shape index (κ1) is 20.0. The molecule has 2 amide bonds. The molecule has 2 aliphatic rings. The number of halogens is 1. The first-order valence-electron chi connectivity index (χ1n) is 10.3. The maximum atomic E-state index is 12.3. The summed E-state index contributed by atoms with van der Waals surface area (Å²) in [4.78, 5) is 16.7. The highest BCUT2D eigenvalue weighted by atomic mass is 35.5. The number of rotatable bonds is 6. The molecule has 5 nitrogen and oxygen atoms in total. The number of carbonyl (C=O) groups excluding carboxylic acids is 1. The third kappa shape index (κ3) is 4.85. The summed E-state index contributed by atoms with van der Waals surface area (Å²) in [6, 6.07) is 15.9. The fourth-order valence-electron chi connectivity index (χ4n) is 4.37. The van der Waals surface area contributed by atoms with Gasteiger partial charge in [-0.2, -0.15) is 0 Å². The SMILES string of the molecule is COc1ccc(Cl)c(CC2CCN(CC3CN(c4ccccc4)C(=O)N3)CC2)c1. The van der Waals surface area contributed by atoms with E-state index in [1.807, 2.05) is 47.4 Å². The molecule has 0 bridgehead atoms. The Balaban J connectivity index is 1.27. The van der Waals surface area contributed by atoms with Crippen molar-refractivity contribution in [2.75, 3.05) is 38.2 Å². The van der Waals surface area contributed by atoms with Crippen molar-refractivity contribution in [1.29, 1.82) is 0 Å². The highest BCUT2D eigenvalue weighted by Gasteiger charge is 2.31. The molecule has 0 aromatic heterocycles. The number of anilines is 1. The molecule has 154 valence electrons. The van der Waals surface area contributed by atoms with Gasteiger partial charge in [0.15, 0.2) is 0 Å². The van der Waals surface area contributed by atoms with E-state index in [-0.39, 0.29) is 12.1 Å². The van der Waals surface area contributed by atoms with Crippen LogP contribution in [0.5, 0.6) is 5.75 Å². The van der Waals surface area contributed by atoms with E-state index in [4.69, 9.17) is 16.3 Å². The smallest absolute Gasteiger partial charge is 0.322 e. The minimum atomic E-state index is 0.00347. The van der Waals surface area contributed by atoms with Gasteiger partial charge in [-0.05, 0) is 74.2 Å². The topological polar surface area (TPSA) is 44.8 Å². The Morgan fingerprint density at radius 1 is 1.14 bits per heavy atom. The highest BCUT2D eigenvalue weighted by Crippen LogP contribution is 2.28. The van der Waals surface area contributed by atoms with E-state index in [0.29, 0.717) is 5.92 Å². The molecule has 4 rings (SSSR count). The largest absolute Gasteiger partial charge is 0.497 e. The number of hydrogen-bond donors (Lipinski definition) is 1. The van der Waals surface area contributed by atoms with Gasteiger partial charge in [-0.15, -0.1) is 0 Å². The molecule has 6 heteroatoms. The highest BCUT2D eigenvalue weighted by molar-refractivity contribution is 6.31. The zero-order valence-corrected chi connectivity index (χ0v) is 17.6. The van der Waals surface area contributed by atoms with Gasteiger partial charge in [0.2, 0.25) is 0 Å². The number of hydrogen-bond acceptors (Lipinski definition) is 3. The van der Waals surface area contributed by atoms with Crippen LogP contribution in [0.4, 0.5) is 10.5 Å². The molecule has 2 aromatic rings. The van der Waals surface area contributed by atoms with Crippen LogP contribution >= 0.6 is 11.6 Å². The summed E-state index contributed by atoms with van der Waals surface area (Å²) < 4.78 is 5.33. The Bertz CT molecular complexity index is 837. The summed E-state index contributed by atoms with van der Waals surface area (Å²) in [5.41, 5.74) is 2.13. The van der Waals surface area contributed by atoms with Crippen LogP contribution in [0.15, 0.2) is 48.5 Å². The minimum Gasteiger partial charge on any atom is -0.497 e. The quantitative estimate of drug-likeness (QED) is 0.771.